The summed E-state index contributed by atoms with van der Waals surface area (Å²) in [4.78, 5) is 22.2. The van der Waals surface area contributed by atoms with Crippen LogP contribution in [0, 0.1) is 10.1 Å². The lowest BCUT2D eigenvalue weighted by Crippen LogP contribution is -2.32. The van der Waals surface area contributed by atoms with Crippen molar-refractivity contribution in [3.63, 3.8) is 0 Å². The van der Waals surface area contributed by atoms with Gasteiger partial charge in [-0.1, -0.05) is 29.3 Å². The molecule has 0 saturated heterocycles. The molecule has 27 heavy (non-hydrogen) atoms. The fourth-order valence-corrected chi connectivity index (χ4v) is 2.69. The molecule has 2 aromatic rings. The Morgan fingerprint density at radius 1 is 1.26 bits per heavy atom. The van der Waals surface area contributed by atoms with Gasteiger partial charge in [0.1, 0.15) is 5.75 Å². The zero-order valence-electron chi connectivity index (χ0n) is 13.9. The van der Waals surface area contributed by atoms with Crippen LogP contribution in [0.2, 0.25) is 10.0 Å². The largest absolute Gasteiger partial charge is 0.494 e. The van der Waals surface area contributed by atoms with E-state index in [1.807, 2.05) is 0 Å². The second-order valence-electron chi connectivity index (χ2n) is 5.08. The quantitative estimate of drug-likeness (QED) is 0.318. The van der Waals surface area contributed by atoms with Crippen molar-refractivity contribution < 1.29 is 14.5 Å². The van der Waals surface area contributed by atoms with Crippen LogP contribution in [-0.4, -0.2) is 23.1 Å². The monoisotopic (exact) mass is 425 g/mol. The third kappa shape index (κ3) is 5.92. The molecule has 0 radical (unpaired) electrons. The number of thiocarbonyl (C=S) groups is 1. The number of nitro benzene ring substituents is 1. The van der Waals surface area contributed by atoms with Gasteiger partial charge in [0.15, 0.2) is 5.11 Å². The minimum Gasteiger partial charge on any atom is -0.494 e. The van der Waals surface area contributed by atoms with Crippen LogP contribution in [0.4, 0.5) is 11.4 Å². The number of hydrogen-bond donors (Lipinski definition) is 2. The van der Waals surface area contributed by atoms with Gasteiger partial charge in [-0.05, 0) is 42.1 Å². The number of rotatable bonds is 5. The number of nitrogens with one attached hydrogen (secondary N) is 2. The zero-order valence-corrected chi connectivity index (χ0v) is 16.2. The van der Waals surface area contributed by atoms with Gasteiger partial charge < -0.3 is 10.1 Å². The SMILES string of the molecule is COc1cc([N+](=O)[O-])ccc1NC(=S)NC(=O)C=Cc1ccc(Cl)cc1Cl. The molecule has 0 unspecified atom stereocenters. The number of halogens is 2. The van der Waals surface area contributed by atoms with Gasteiger partial charge in [-0.15, -0.1) is 0 Å². The summed E-state index contributed by atoms with van der Waals surface area (Å²) in [5.74, 6) is -0.274. The van der Waals surface area contributed by atoms with Crippen LogP contribution in [-0.2, 0) is 4.79 Å². The number of anilines is 1. The van der Waals surface area contributed by atoms with E-state index in [-0.39, 0.29) is 16.5 Å². The number of carbonyl (C=O) groups excluding carboxylic acids is 1. The molecule has 0 aliphatic carbocycles. The highest BCUT2D eigenvalue weighted by Crippen LogP contribution is 2.28. The summed E-state index contributed by atoms with van der Waals surface area (Å²) in [6, 6.07) is 8.85. The maximum Gasteiger partial charge on any atom is 0.273 e. The lowest BCUT2D eigenvalue weighted by Gasteiger charge is -2.11. The maximum absolute atomic E-state index is 12.0. The average molecular weight is 426 g/mol. The van der Waals surface area contributed by atoms with Gasteiger partial charge >= 0.3 is 0 Å². The Kier molecular flexibility index (Phi) is 7.12. The van der Waals surface area contributed by atoms with Crippen molar-refractivity contribution in [2.75, 3.05) is 12.4 Å². The number of ether oxygens (including phenoxy) is 1. The molecule has 1 amide bonds. The van der Waals surface area contributed by atoms with Crippen LogP contribution in [0.25, 0.3) is 6.08 Å². The molecular weight excluding hydrogens is 413 g/mol. The van der Waals surface area contributed by atoms with Crippen molar-refractivity contribution in [2.45, 2.75) is 0 Å². The lowest BCUT2D eigenvalue weighted by molar-refractivity contribution is -0.384. The Labute approximate surface area is 170 Å². The van der Waals surface area contributed by atoms with Crippen molar-refractivity contribution in [1.29, 1.82) is 0 Å². The first-order valence-corrected chi connectivity index (χ1v) is 8.54. The summed E-state index contributed by atoms with van der Waals surface area (Å²) in [5.41, 5.74) is 0.861. The molecule has 0 aromatic heterocycles. The first-order valence-electron chi connectivity index (χ1n) is 7.37. The predicted molar refractivity (Wildman–Crippen MR) is 110 cm³/mol. The molecular formula is C17H13Cl2N3O4S. The molecule has 0 heterocycles. The Morgan fingerprint density at radius 2 is 2.00 bits per heavy atom. The first-order chi connectivity index (χ1) is 12.8. The smallest absolute Gasteiger partial charge is 0.273 e. The van der Waals surface area contributed by atoms with Gasteiger partial charge in [0, 0.05) is 22.2 Å². The molecule has 140 valence electrons. The number of carbonyl (C=O) groups is 1. The predicted octanol–water partition coefficient (Wildman–Crippen LogP) is 4.44. The molecule has 0 saturated carbocycles. The number of amides is 1. The fourth-order valence-electron chi connectivity index (χ4n) is 2.01. The Morgan fingerprint density at radius 3 is 2.63 bits per heavy atom. The molecule has 0 aliphatic rings. The van der Waals surface area contributed by atoms with E-state index in [9.17, 15) is 14.9 Å². The van der Waals surface area contributed by atoms with Crippen LogP contribution < -0.4 is 15.4 Å². The Hall–Kier alpha value is -2.68. The number of methoxy groups -OCH3 is 1. The van der Waals surface area contributed by atoms with Crippen LogP contribution in [0.15, 0.2) is 42.5 Å². The van der Waals surface area contributed by atoms with Crippen LogP contribution in [0.5, 0.6) is 5.75 Å². The summed E-state index contributed by atoms with van der Waals surface area (Å²) < 4.78 is 5.09. The van der Waals surface area contributed by atoms with E-state index < -0.39 is 10.8 Å². The molecule has 0 spiro atoms. The van der Waals surface area contributed by atoms with E-state index in [0.717, 1.165) is 0 Å². The van der Waals surface area contributed by atoms with Crippen LogP contribution in [0.1, 0.15) is 5.56 Å². The summed E-state index contributed by atoms with van der Waals surface area (Å²) >= 11 is 16.9. The highest BCUT2D eigenvalue weighted by Gasteiger charge is 2.12. The topological polar surface area (TPSA) is 93.5 Å². The van der Waals surface area contributed by atoms with Gasteiger partial charge in [0.2, 0.25) is 5.91 Å². The molecule has 0 bridgehead atoms. The highest BCUT2D eigenvalue weighted by atomic mass is 35.5. The fraction of sp³-hybridized carbons (Fsp3) is 0.0588. The van der Waals surface area contributed by atoms with Gasteiger partial charge in [-0.25, -0.2) is 0 Å². The standard InChI is InChI=1S/C17H13Cl2N3O4S/c1-26-15-9-12(22(24)25)5-6-14(15)20-17(27)21-16(23)7-3-10-2-4-11(18)8-13(10)19/h2-9H,1H3,(H2,20,21,23,27). The van der Waals surface area contributed by atoms with Crippen molar-refractivity contribution in [3.8, 4) is 5.75 Å². The van der Waals surface area contributed by atoms with Gasteiger partial charge in [-0.3, -0.25) is 20.2 Å². The second-order valence-corrected chi connectivity index (χ2v) is 6.34. The third-order valence-electron chi connectivity index (χ3n) is 3.26. The Bertz CT molecular complexity index is 934. The molecule has 0 atom stereocenters. The summed E-state index contributed by atoms with van der Waals surface area (Å²) in [6.07, 6.45) is 2.78. The van der Waals surface area contributed by atoms with E-state index in [0.29, 0.717) is 21.3 Å². The minimum atomic E-state index is -0.543. The Balaban J connectivity index is 2.01. The molecule has 2 rings (SSSR count). The van der Waals surface area contributed by atoms with Gasteiger partial charge in [0.05, 0.1) is 23.8 Å². The molecule has 2 aromatic carbocycles. The molecule has 7 nitrogen and oxygen atoms in total. The van der Waals surface area contributed by atoms with Gasteiger partial charge in [0.25, 0.3) is 5.69 Å². The van der Waals surface area contributed by atoms with Crippen molar-refractivity contribution >= 4 is 63.9 Å². The zero-order chi connectivity index (χ0) is 20.0. The molecule has 0 aliphatic heterocycles. The summed E-state index contributed by atoms with van der Waals surface area (Å²) in [7, 11) is 1.37. The normalized spacial score (nSPS) is 10.5. The molecule has 10 heteroatoms. The van der Waals surface area contributed by atoms with Gasteiger partial charge in [-0.2, -0.15) is 0 Å². The number of non-ortho nitro benzene ring substituents is 1. The van der Waals surface area contributed by atoms with E-state index in [2.05, 4.69) is 10.6 Å². The van der Waals surface area contributed by atoms with Crippen LogP contribution >= 0.6 is 35.4 Å². The summed E-state index contributed by atoms with van der Waals surface area (Å²) in [5, 5.41) is 16.9. The third-order valence-corrected chi connectivity index (χ3v) is 4.02. The van der Waals surface area contributed by atoms with E-state index >= 15 is 0 Å². The maximum atomic E-state index is 12.0. The van der Waals surface area contributed by atoms with E-state index in [4.69, 9.17) is 40.2 Å². The second kappa shape index (κ2) is 9.31. The van der Waals surface area contributed by atoms with Crippen molar-refractivity contribution in [1.82, 2.24) is 5.32 Å². The lowest BCUT2D eigenvalue weighted by atomic mass is 10.2. The molecule has 2 N–H and O–H groups in total. The van der Waals surface area contributed by atoms with Crippen LogP contribution in [0.3, 0.4) is 0 Å². The minimum absolute atomic E-state index is 0.000920. The molecule has 0 fully saturated rings. The van der Waals surface area contributed by atoms with E-state index in [1.165, 1.54) is 37.5 Å². The summed E-state index contributed by atoms with van der Waals surface area (Å²) in [6.45, 7) is 0. The average Bonchev–Trinajstić information content (AvgIpc) is 2.61. The van der Waals surface area contributed by atoms with Crippen molar-refractivity contribution in [3.05, 3.63) is 68.2 Å². The number of benzene rings is 2. The van der Waals surface area contributed by atoms with E-state index in [1.54, 1.807) is 18.2 Å². The number of nitro groups is 1. The number of hydrogen-bond acceptors (Lipinski definition) is 5. The number of nitrogens with zero attached hydrogens (tertiary/aromatic N) is 1. The highest BCUT2D eigenvalue weighted by molar-refractivity contribution is 7.80. The van der Waals surface area contributed by atoms with Crippen molar-refractivity contribution in [2.24, 2.45) is 0 Å². The first kappa shape index (κ1) is 20.6.